The molecule has 0 bridgehead atoms. The van der Waals surface area contributed by atoms with Gasteiger partial charge in [-0.15, -0.1) is 0 Å². The zero-order chi connectivity index (χ0) is 10.0. The van der Waals surface area contributed by atoms with E-state index < -0.39 is 4.92 Å². The highest BCUT2D eigenvalue weighted by Gasteiger charge is 2.19. The van der Waals surface area contributed by atoms with Gasteiger partial charge in [0.2, 0.25) is 0 Å². The van der Waals surface area contributed by atoms with Gasteiger partial charge in [-0.05, 0) is 34.7 Å². The van der Waals surface area contributed by atoms with Gasteiger partial charge in [-0.25, -0.2) is 0 Å². The monoisotopic (exact) mass is 356 g/mol. The summed E-state index contributed by atoms with van der Waals surface area (Å²) in [7, 11) is 0. The predicted octanol–water partition coefficient (Wildman–Crippen LogP) is 2.42. The van der Waals surface area contributed by atoms with Crippen molar-refractivity contribution in [3.63, 3.8) is 0 Å². The molecule has 6 heteroatoms. The van der Waals surface area contributed by atoms with Crippen molar-refractivity contribution >= 4 is 44.2 Å². The Morgan fingerprint density at radius 1 is 1.62 bits per heavy atom. The van der Waals surface area contributed by atoms with Crippen LogP contribution in [0.5, 0.6) is 0 Å². The molecular weight excluding hydrogens is 351 g/mol. The Labute approximate surface area is 96.9 Å². The Kier molecular flexibility index (Phi) is 3.63. The molecule has 0 amide bonds. The van der Waals surface area contributed by atoms with Crippen LogP contribution in [-0.4, -0.2) is 4.92 Å². The highest BCUT2D eigenvalue weighted by atomic mass is 127. The van der Waals surface area contributed by atoms with Crippen molar-refractivity contribution in [2.24, 2.45) is 5.73 Å². The summed E-state index contributed by atoms with van der Waals surface area (Å²) in [5.74, 6) is 0. The van der Waals surface area contributed by atoms with Crippen molar-refractivity contribution in [2.45, 2.75) is 6.54 Å². The molecule has 1 aromatic carbocycles. The minimum Gasteiger partial charge on any atom is -0.326 e. The third-order valence-corrected chi connectivity index (χ3v) is 3.18. The van der Waals surface area contributed by atoms with Crippen molar-refractivity contribution < 1.29 is 4.92 Å². The summed E-state index contributed by atoms with van der Waals surface area (Å²) in [6, 6.07) is 3.44. The molecule has 4 nitrogen and oxygen atoms in total. The Hall–Kier alpha value is -0.210. The normalized spacial score (nSPS) is 10.1. The molecule has 0 aliphatic heterocycles. The van der Waals surface area contributed by atoms with Crippen molar-refractivity contribution in [1.29, 1.82) is 0 Å². The fourth-order valence-electron chi connectivity index (χ4n) is 0.975. The second kappa shape index (κ2) is 4.34. The van der Waals surface area contributed by atoms with Gasteiger partial charge in [0.15, 0.2) is 0 Å². The van der Waals surface area contributed by atoms with Gasteiger partial charge >= 0.3 is 0 Å². The average molecular weight is 357 g/mol. The molecule has 0 fully saturated rings. The second-order valence-corrected chi connectivity index (χ2v) is 4.33. The second-order valence-electron chi connectivity index (χ2n) is 2.32. The first-order chi connectivity index (χ1) is 6.07. The van der Waals surface area contributed by atoms with Crippen LogP contribution in [0.1, 0.15) is 5.56 Å². The number of benzene rings is 1. The summed E-state index contributed by atoms with van der Waals surface area (Å²) in [5.41, 5.74) is 6.05. The summed E-state index contributed by atoms with van der Waals surface area (Å²) in [6.07, 6.45) is 0. The number of nitrogens with two attached hydrogens (primary N) is 1. The molecule has 1 aromatic rings. The van der Waals surface area contributed by atoms with Gasteiger partial charge in [-0.1, -0.05) is 15.9 Å². The molecule has 0 unspecified atom stereocenters. The van der Waals surface area contributed by atoms with Crippen LogP contribution in [0.25, 0.3) is 0 Å². The number of hydrogen-bond acceptors (Lipinski definition) is 3. The zero-order valence-electron chi connectivity index (χ0n) is 6.46. The Balaban J connectivity index is 3.43. The van der Waals surface area contributed by atoms with Gasteiger partial charge in [-0.2, -0.15) is 0 Å². The van der Waals surface area contributed by atoms with Crippen molar-refractivity contribution in [1.82, 2.24) is 0 Å². The smallest absolute Gasteiger partial charge is 0.288 e. The zero-order valence-corrected chi connectivity index (χ0v) is 10.2. The lowest BCUT2D eigenvalue weighted by atomic mass is 10.2. The molecular formula is C7H6BrIN2O2. The van der Waals surface area contributed by atoms with E-state index in [2.05, 4.69) is 15.9 Å². The van der Waals surface area contributed by atoms with Gasteiger partial charge in [-0.3, -0.25) is 10.1 Å². The van der Waals surface area contributed by atoms with Crippen molar-refractivity contribution in [3.05, 3.63) is 35.9 Å². The fourth-order valence-corrected chi connectivity index (χ4v) is 2.16. The molecule has 1 rings (SSSR count). The molecule has 2 N–H and O–H groups in total. The van der Waals surface area contributed by atoms with Crippen LogP contribution in [0.15, 0.2) is 16.6 Å². The van der Waals surface area contributed by atoms with E-state index in [0.717, 1.165) is 0 Å². The van der Waals surface area contributed by atoms with Crippen molar-refractivity contribution in [2.75, 3.05) is 0 Å². The quantitative estimate of drug-likeness (QED) is 0.502. The first kappa shape index (κ1) is 10.9. The summed E-state index contributed by atoms with van der Waals surface area (Å²) in [4.78, 5) is 10.3. The standard InChI is InChI=1S/C7H6BrIN2O2/c8-5-1-2-6(9)7(11(12)13)4(5)3-10/h1-2H,3,10H2. The van der Waals surface area contributed by atoms with E-state index >= 15 is 0 Å². The molecule has 13 heavy (non-hydrogen) atoms. The largest absolute Gasteiger partial charge is 0.326 e. The maximum absolute atomic E-state index is 10.7. The van der Waals surface area contributed by atoms with Crippen LogP contribution in [0.3, 0.4) is 0 Å². The molecule has 0 aliphatic rings. The van der Waals surface area contributed by atoms with Crippen LogP contribution >= 0.6 is 38.5 Å². The number of hydrogen-bond donors (Lipinski definition) is 1. The summed E-state index contributed by atoms with van der Waals surface area (Å²) in [5, 5.41) is 10.7. The van der Waals surface area contributed by atoms with E-state index in [1.165, 1.54) is 0 Å². The topological polar surface area (TPSA) is 69.2 Å². The van der Waals surface area contributed by atoms with E-state index in [-0.39, 0.29) is 12.2 Å². The minimum atomic E-state index is -0.408. The summed E-state index contributed by atoms with van der Waals surface area (Å²) in [6.45, 7) is 0.160. The maximum atomic E-state index is 10.7. The molecule has 0 aromatic heterocycles. The lowest BCUT2D eigenvalue weighted by molar-refractivity contribution is -0.386. The van der Waals surface area contributed by atoms with Crippen LogP contribution in [0, 0.1) is 13.7 Å². The SMILES string of the molecule is NCc1c(Br)ccc(I)c1[N+](=O)[O-]. The van der Waals surface area contributed by atoms with Crippen molar-refractivity contribution in [3.8, 4) is 0 Å². The van der Waals surface area contributed by atoms with Gasteiger partial charge in [0, 0.05) is 11.0 Å². The van der Waals surface area contributed by atoms with Crippen LogP contribution in [0.4, 0.5) is 5.69 Å². The Bertz CT molecular complexity index is 357. The molecule has 0 heterocycles. The number of nitro groups is 1. The number of halogens is 2. The third kappa shape index (κ3) is 2.18. The third-order valence-electron chi connectivity index (χ3n) is 1.56. The Morgan fingerprint density at radius 3 is 2.62 bits per heavy atom. The molecule has 0 spiro atoms. The van der Waals surface area contributed by atoms with Crippen LogP contribution < -0.4 is 5.73 Å². The number of rotatable bonds is 2. The van der Waals surface area contributed by atoms with E-state index in [1.807, 2.05) is 22.6 Å². The maximum Gasteiger partial charge on any atom is 0.288 e. The van der Waals surface area contributed by atoms with E-state index in [0.29, 0.717) is 13.6 Å². The van der Waals surface area contributed by atoms with E-state index in [4.69, 9.17) is 5.73 Å². The molecule has 0 radical (unpaired) electrons. The minimum absolute atomic E-state index is 0.0949. The van der Waals surface area contributed by atoms with Gasteiger partial charge in [0.05, 0.1) is 14.1 Å². The summed E-state index contributed by atoms with van der Waals surface area (Å²) < 4.78 is 1.29. The highest BCUT2D eigenvalue weighted by molar-refractivity contribution is 14.1. The fraction of sp³-hybridized carbons (Fsp3) is 0.143. The van der Waals surface area contributed by atoms with Gasteiger partial charge < -0.3 is 5.73 Å². The average Bonchev–Trinajstić information content (AvgIpc) is 2.07. The van der Waals surface area contributed by atoms with Gasteiger partial charge in [0.25, 0.3) is 5.69 Å². The molecule has 0 saturated carbocycles. The Morgan fingerprint density at radius 2 is 2.23 bits per heavy atom. The summed E-state index contributed by atoms with van der Waals surface area (Å²) >= 11 is 5.15. The first-order valence-electron chi connectivity index (χ1n) is 3.39. The lowest BCUT2D eigenvalue weighted by Gasteiger charge is -2.03. The predicted molar refractivity (Wildman–Crippen MR) is 61.4 cm³/mol. The highest BCUT2D eigenvalue weighted by Crippen LogP contribution is 2.30. The van der Waals surface area contributed by atoms with E-state index in [9.17, 15) is 10.1 Å². The van der Waals surface area contributed by atoms with E-state index in [1.54, 1.807) is 12.1 Å². The van der Waals surface area contributed by atoms with Crippen LogP contribution in [0.2, 0.25) is 0 Å². The molecule has 0 atom stereocenters. The molecule has 0 saturated heterocycles. The van der Waals surface area contributed by atoms with Crippen LogP contribution in [-0.2, 0) is 6.54 Å². The number of nitrogens with zero attached hydrogens (tertiary/aromatic N) is 1. The van der Waals surface area contributed by atoms with Gasteiger partial charge in [0.1, 0.15) is 0 Å². The molecule has 70 valence electrons. The first-order valence-corrected chi connectivity index (χ1v) is 5.26. The molecule has 0 aliphatic carbocycles. The lowest BCUT2D eigenvalue weighted by Crippen LogP contribution is -2.04. The number of nitro benzene ring substituents is 1.